The van der Waals surface area contributed by atoms with Gasteiger partial charge in [-0.15, -0.1) is 10.2 Å². The predicted octanol–water partition coefficient (Wildman–Crippen LogP) is 6.67. The van der Waals surface area contributed by atoms with E-state index in [1.807, 2.05) is 57.2 Å². The number of para-hydroxylation sites is 1. The smallest absolute Gasteiger partial charge is 0.234 e. The molecule has 34 heavy (non-hydrogen) atoms. The number of hydrogen-bond acceptors (Lipinski definition) is 5. The van der Waals surface area contributed by atoms with E-state index < -0.39 is 0 Å². The Kier molecular flexibility index (Phi) is 8.16. The van der Waals surface area contributed by atoms with E-state index in [4.69, 9.17) is 16.3 Å². The Morgan fingerprint density at radius 1 is 1.09 bits per heavy atom. The number of aromatic nitrogens is 3. The molecule has 0 radical (unpaired) electrons. The fourth-order valence-corrected chi connectivity index (χ4v) is 5.32. The molecule has 0 aliphatic heterocycles. The largest absolute Gasteiger partial charge is 0.486 e. The highest BCUT2D eigenvalue weighted by Gasteiger charge is 2.24. The van der Waals surface area contributed by atoms with Crippen molar-refractivity contribution in [1.29, 1.82) is 0 Å². The number of nitrogens with one attached hydrogen (secondary N) is 1. The number of carbonyl (C=O) groups is 1. The summed E-state index contributed by atoms with van der Waals surface area (Å²) in [6.07, 6.45) is 5.82. The minimum atomic E-state index is -0.0463. The topological polar surface area (TPSA) is 69.0 Å². The van der Waals surface area contributed by atoms with Crippen LogP contribution in [0.2, 0.25) is 5.02 Å². The average Bonchev–Trinajstić information content (AvgIpc) is 3.24. The Morgan fingerprint density at radius 2 is 1.82 bits per heavy atom. The Hall–Kier alpha value is -2.51. The highest BCUT2D eigenvalue weighted by atomic mass is 35.5. The van der Waals surface area contributed by atoms with Gasteiger partial charge in [0.2, 0.25) is 5.91 Å². The van der Waals surface area contributed by atoms with Gasteiger partial charge in [0.05, 0.1) is 5.75 Å². The minimum Gasteiger partial charge on any atom is -0.486 e. The van der Waals surface area contributed by atoms with Crippen molar-refractivity contribution in [2.45, 2.75) is 70.7 Å². The van der Waals surface area contributed by atoms with E-state index in [-0.39, 0.29) is 11.7 Å². The maximum atomic E-state index is 12.7. The van der Waals surface area contributed by atoms with Crippen LogP contribution in [0.25, 0.3) is 0 Å². The lowest BCUT2D eigenvalue weighted by atomic mass is 9.95. The Bertz CT molecular complexity index is 1140. The van der Waals surface area contributed by atoms with Crippen molar-refractivity contribution in [3.63, 3.8) is 0 Å². The number of thioether (sulfide) groups is 1. The summed E-state index contributed by atoms with van der Waals surface area (Å²) in [6, 6.07) is 12.0. The van der Waals surface area contributed by atoms with Crippen molar-refractivity contribution in [2.75, 3.05) is 11.1 Å². The molecular weight excluding hydrogens is 468 g/mol. The third-order valence-corrected chi connectivity index (χ3v) is 7.62. The highest BCUT2D eigenvalue weighted by molar-refractivity contribution is 7.99. The van der Waals surface area contributed by atoms with Gasteiger partial charge < -0.3 is 10.1 Å². The summed E-state index contributed by atoms with van der Waals surface area (Å²) in [5.41, 5.74) is 3.97. The maximum Gasteiger partial charge on any atom is 0.234 e. The average molecular weight is 499 g/mol. The van der Waals surface area contributed by atoms with Gasteiger partial charge in [0, 0.05) is 16.8 Å². The summed E-state index contributed by atoms with van der Waals surface area (Å²) in [7, 11) is 0. The van der Waals surface area contributed by atoms with Crippen LogP contribution in [0.1, 0.15) is 60.7 Å². The maximum absolute atomic E-state index is 12.7. The van der Waals surface area contributed by atoms with Gasteiger partial charge in [0.25, 0.3) is 0 Å². The molecule has 1 aliphatic rings. The third kappa shape index (κ3) is 5.94. The number of benzene rings is 2. The van der Waals surface area contributed by atoms with Crippen LogP contribution in [0.4, 0.5) is 5.69 Å². The summed E-state index contributed by atoms with van der Waals surface area (Å²) in [5, 5.41) is 13.4. The highest BCUT2D eigenvalue weighted by Crippen LogP contribution is 2.33. The van der Waals surface area contributed by atoms with E-state index in [0.717, 1.165) is 57.0 Å². The molecule has 0 saturated heterocycles. The Balaban J connectivity index is 1.47. The number of nitrogens with zero attached hydrogens (tertiary/aromatic N) is 3. The lowest BCUT2D eigenvalue weighted by Crippen LogP contribution is -2.19. The standard InChI is InChI=1S/C26H31ClN4O2S/c1-17-8-7-9-18(2)25(17)28-24(32)16-34-26-30-29-23(31(26)20-10-5-4-6-11-20)15-33-21-12-13-22(27)19(3)14-21/h7-9,12-14,20H,4-6,10-11,15-16H2,1-3H3,(H,28,32). The van der Waals surface area contributed by atoms with Crippen LogP contribution in [0, 0.1) is 20.8 Å². The second-order valence-electron chi connectivity index (χ2n) is 8.86. The lowest BCUT2D eigenvalue weighted by Gasteiger charge is -2.25. The van der Waals surface area contributed by atoms with E-state index in [1.165, 1.54) is 31.0 Å². The van der Waals surface area contributed by atoms with E-state index in [2.05, 4.69) is 20.1 Å². The zero-order chi connectivity index (χ0) is 24.1. The number of hydrogen-bond donors (Lipinski definition) is 1. The molecule has 180 valence electrons. The van der Waals surface area contributed by atoms with E-state index in [0.29, 0.717) is 12.6 Å². The molecule has 1 N–H and O–H groups in total. The van der Waals surface area contributed by atoms with Gasteiger partial charge in [-0.2, -0.15) is 0 Å². The first-order valence-electron chi connectivity index (χ1n) is 11.7. The van der Waals surface area contributed by atoms with Crippen LogP contribution in [0.5, 0.6) is 5.75 Å². The van der Waals surface area contributed by atoms with Crippen molar-refractivity contribution in [2.24, 2.45) is 0 Å². The third-order valence-electron chi connectivity index (χ3n) is 6.25. The van der Waals surface area contributed by atoms with Crippen molar-refractivity contribution in [3.8, 4) is 5.75 Å². The molecule has 1 aromatic heterocycles. The summed E-state index contributed by atoms with van der Waals surface area (Å²) in [4.78, 5) is 12.7. The molecule has 1 heterocycles. The van der Waals surface area contributed by atoms with E-state index >= 15 is 0 Å². The molecule has 0 bridgehead atoms. The molecule has 1 fully saturated rings. The summed E-state index contributed by atoms with van der Waals surface area (Å²) < 4.78 is 8.23. The van der Waals surface area contributed by atoms with Gasteiger partial charge in [-0.25, -0.2) is 0 Å². The first-order chi connectivity index (χ1) is 16.4. The van der Waals surface area contributed by atoms with Crippen LogP contribution >= 0.6 is 23.4 Å². The molecule has 0 unspecified atom stereocenters. The summed E-state index contributed by atoms with van der Waals surface area (Å²) in [5.74, 6) is 1.77. The van der Waals surface area contributed by atoms with Gasteiger partial charge in [-0.3, -0.25) is 9.36 Å². The van der Waals surface area contributed by atoms with Crippen molar-refractivity contribution in [1.82, 2.24) is 14.8 Å². The first kappa shape index (κ1) is 24.6. The number of carbonyl (C=O) groups excluding carboxylic acids is 1. The van der Waals surface area contributed by atoms with Crippen LogP contribution in [-0.2, 0) is 11.4 Å². The molecule has 1 amide bonds. The fourth-order valence-electron chi connectivity index (χ4n) is 4.38. The van der Waals surface area contributed by atoms with Crippen LogP contribution < -0.4 is 10.1 Å². The molecule has 6 nitrogen and oxygen atoms in total. The molecule has 3 aromatic rings. The Labute approximate surface area is 210 Å². The Morgan fingerprint density at radius 3 is 2.53 bits per heavy atom. The zero-order valence-corrected chi connectivity index (χ0v) is 21.5. The molecular formula is C26H31ClN4O2S. The van der Waals surface area contributed by atoms with Crippen LogP contribution in [0.15, 0.2) is 41.6 Å². The second-order valence-corrected chi connectivity index (χ2v) is 10.2. The lowest BCUT2D eigenvalue weighted by molar-refractivity contribution is -0.113. The predicted molar refractivity (Wildman–Crippen MR) is 138 cm³/mol. The van der Waals surface area contributed by atoms with Gasteiger partial charge in [-0.05, 0) is 68.5 Å². The van der Waals surface area contributed by atoms with Crippen molar-refractivity contribution in [3.05, 3.63) is 63.9 Å². The molecule has 2 aromatic carbocycles. The number of anilines is 1. The van der Waals surface area contributed by atoms with Crippen LogP contribution in [0.3, 0.4) is 0 Å². The second kappa shape index (κ2) is 11.3. The fraction of sp³-hybridized carbons (Fsp3) is 0.423. The van der Waals surface area contributed by atoms with Crippen molar-refractivity contribution < 1.29 is 9.53 Å². The van der Waals surface area contributed by atoms with Crippen molar-refractivity contribution >= 4 is 35.0 Å². The van der Waals surface area contributed by atoms with E-state index in [1.54, 1.807) is 0 Å². The molecule has 1 saturated carbocycles. The molecule has 0 spiro atoms. The number of aryl methyl sites for hydroxylation is 3. The molecule has 1 aliphatic carbocycles. The number of rotatable bonds is 8. The van der Waals surface area contributed by atoms with Gasteiger partial charge in [0.15, 0.2) is 11.0 Å². The number of amides is 1. The van der Waals surface area contributed by atoms with Crippen LogP contribution in [-0.4, -0.2) is 26.4 Å². The number of halogens is 1. The quantitative estimate of drug-likeness (QED) is 0.351. The monoisotopic (exact) mass is 498 g/mol. The van der Waals surface area contributed by atoms with E-state index in [9.17, 15) is 4.79 Å². The SMILES string of the molecule is Cc1cc(OCc2nnc(SCC(=O)Nc3c(C)cccc3C)n2C2CCCCC2)ccc1Cl. The molecule has 0 atom stereocenters. The molecule has 8 heteroatoms. The first-order valence-corrected chi connectivity index (χ1v) is 13.1. The zero-order valence-electron chi connectivity index (χ0n) is 19.9. The summed E-state index contributed by atoms with van der Waals surface area (Å²) in [6.45, 7) is 6.28. The minimum absolute atomic E-state index is 0.0463. The van der Waals surface area contributed by atoms with Gasteiger partial charge >= 0.3 is 0 Å². The van der Waals surface area contributed by atoms with Gasteiger partial charge in [0.1, 0.15) is 12.4 Å². The van der Waals surface area contributed by atoms with Gasteiger partial charge in [-0.1, -0.05) is 60.8 Å². The molecule has 4 rings (SSSR count). The normalized spacial score (nSPS) is 14.2. The number of ether oxygens (including phenoxy) is 1. The summed E-state index contributed by atoms with van der Waals surface area (Å²) >= 11 is 7.57.